The molecule has 48 heavy (non-hydrogen) atoms. The van der Waals surface area contributed by atoms with Gasteiger partial charge in [-0.1, -0.05) is 174 Å². The van der Waals surface area contributed by atoms with Crippen molar-refractivity contribution in [1.29, 1.82) is 0 Å². The zero-order chi connectivity index (χ0) is 35.6. The van der Waals surface area contributed by atoms with Crippen LogP contribution in [-0.2, 0) is 10.1 Å². The van der Waals surface area contributed by atoms with Gasteiger partial charge < -0.3 is 4.55 Å². The predicted molar refractivity (Wildman–Crippen MR) is 218 cm³/mol. The van der Waals surface area contributed by atoms with Gasteiger partial charge in [0, 0.05) is 7.26 Å². The Morgan fingerprint density at radius 2 is 0.646 bits per heavy atom. The molecule has 0 spiro atoms. The largest absolute Gasteiger partial charge is 0.744 e. The van der Waals surface area contributed by atoms with Crippen molar-refractivity contribution in [2.45, 2.75) is 219 Å². The standard InChI is InChI=1S/C36H76P.C7H8O3S/c1-5-9-13-17-18-19-20-21-22-23-24-25-26-27-28-32-36-37(33-29-14-10-6-2,34-30-15-11-7-3)35-31-16-12-8-4;1-6-2-4-7(5-3-6)11(8,9)10/h5-36H2,1-4H3;2-5H,1H3,(H,8,9,10)/q+1;/p-1. The molecule has 0 aliphatic heterocycles. The van der Waals surface area contributed by atoms with E-state index in [-0.39, 0.29) is 4.90 Å². The van der Waals surface area contributed by atoms with Crippen LogP contribution in [0.25, 0.3) is 0 Å². The highest BCUT2D eigenvalue weighted by atomic mass is 32.2. The van der Waals surface area contributed by atoms with Crippen LogP contribution in [0.1, 0.15) is 213 Å². The molecule has 3 nitrogen and oxygen atoms in total. The van der Waals surface area contributed by atoms with Gasteiger partial charge in [0.05, 0.1) is 29.5 Å². The first-order valence-corrected chi connectivity index (χ1v) is 25.1. The number of unbranched alkanes of at least 4 members (excludes halogenated alkanes) is 24. The van der Waals surface area contributed by atoms with Gasteiger partial charge in [-0.05, 0) is 70.4 Å². The van der Waals surface area contributed by atoms with Crippen LogP contribution in [0.2, 0.25) is 0 Å². The zero-order valence-electron chi connectivity index (χ0n) is 33.0. The summed E-state index contributed by atoms with van der Waals surface area (Å²) < 4.78 is 31.2. The quantitative estimate of drug-likeness (QED) is 0.0414. The third kappa shape index (κ3) is 29.3. The second kappa shape index (κ2) is 33.7. The van der Waals surface area contributed by atoms with E-state index in [0.29, 0.717) is 0 Å². The number of benzene rings is 1. The summed E-state index contributed by atoms with van der Waals surface area (Å²) in [7, 11) is -4.97. The van der Waals surface area contributed by atoms with E-state index in [1.165, 1.54) is 166 Å². The molecule has 5 heteroatoms. The topological polar surface area (TPSA) is 57.2 Å². The lowest BCUT2D eigenvalue weighted by Gasteiger charge is -2.28. The van der Waals surface area contributed by atoms with Gasteiger partial charge in [0.1, 0.15) is 10.1 Å². The van der Waals surface area contributed by atoms with E-state index in [1.807, 2.05) is 6.92 Å². The Morgan fingerprint density at radius 3 is 0.896 bits per heavy atom. The second-order valence-electron chi connectivity index (χ2n) is 15.0. The van der Waals surface area contributed by atoms with Crippen molar-refractivity contribution in [3.63, 3.8) is 0 Å². The van der Waals surface area contributed by atoms with Crippen LogP contribution in [0.4, 0.5) is 0 Å². The molecule has 0 aliphatic carbocycles. The Labute approximate surface area is 303 Å². The lowest BCUT2D eigenvalue weighted by Crippen LogP contribution is -2.13. The van der Waals surface area contributed by atoms with Crippen LogP contribution in [0.3, 0.4) is 0 Å². The van der Waals surface area contributed by atoms with Gasteiger partial charge in [-0.2, -0.15) is 0 Å². The van der Waals surface area contributed by atoms with Crippen molar-refractivity contribution in [2.24, 2.45) is 0 Å². The van der Waals surface area contributed by atoms with Crippen LogP contribution in [0, 0.1) is 6.92 Å². The molecule has 1 aromatic carbocycles. The van der Waals surface area contributed by atoms with Gasteiger partial charge in [-0.3, -0.25) is 0 Å². The van der Waals surface area contributed by atoms with E-state index in [0.717, 1.165) is 5.56 Å². The summed E-state index contributed by atoms with van der Waals surface area (Å²) in [6, 6.07) is 5.78. The maximum atomic E-state index is 10.4. The van der Waals surface area contributed by atoms with E-state index in [9.17, 15) is 13.0 Å². The Balaban J connectivity index is 0.00000168. The average molecular weight is 711 g/mol. The molecule has 0 bridgehead atoms. The highest BCUT2D eigenvalue weighted by Crippen LogP contribution is 2.61. The van der Waals surface area contributed by atoms with Crippen molar-refractivity contribution >= 4 is 17.4 Å². The third-order valence-electron chi connectivity index (χ3n) is 10.3. The van der Waals surface area contributed by atoms with E-state index in [4.69, 9.17) is 0 Å². The number of hydrogen-bond donors (Lipinski definition) is 0. The van der Waals surface area contributed by atoms with Crippen molar-refractivity contribution in [2.75, 3.05) is 24.6 Å². The minimum Gasteiger partial charge on any atom is -0.744 e. The van der Waals surface area contributed by atoms with Crippen LogP contribution >= 0.6 is 7.26 Å². The van der Waals surface area contributed by atoms with Crippen molar-refractivity contribution in [3.05, 3.63) is 29.8 Å². The van der Waals surface area contributed by atoms with E-state index < -0.39 is 17.4 Å². The first-order chi connectivity index (χ1) is 23.2. The number of aryl methyl sites for hydroxylation is 1. The smallest absolute Gasteiger partial charge is 0.124 e. The molecule has 0 aliphatic rings. The molecule has 0 unspecified atom stereocenters. The highest BCUT2D eigenvalue weighted by molar-refractivity contribution is 7.85. The van der Waals surface area contributed by atoms with Crippen LogP contribution in [0.15, 0.2) is 29.2 Å². The number of hydrogen-bond acceptors (Lipinski definition) is 3. The van der Waals surface area contributed by atoms with E-state index in [2.05, 4.69) is 27.7 Å². The molecule has 0 fully saturated rings. The minimum atomic E-state index is -4.27. The van der Waals surface area contributed by atoms with E-state index in [1.54, 1.807) is 62.5 Å². The summed E-state index contributed by atoms with van der Waals surface area (Å²) in [4.78, 5) is -0.178. The summed E-state index contributed by atoms with van der Waals surface area (Å²) in [6.45, 7) is 11.2. The summed E-state index contributed by atoms with van der Waals surface area (Å²) in [6.07, 6.45) is 48.1. The lowest BCUT2D eigenvalue weighted by molar-refractivity contribution is 0.463. The van der Waals surface area contributed by atoms with Crippen molar-refractivity contribution < 1.29 is 13.0 Å². The van der Waals surface area contributed by atoms with Gasteiger partial charge in [0.2, 0.25) is 0 Å². The molecule has 1 rings (SSSR count). The van der Waals surface area contributed by atoms with Gasteiger partial charge >= 0.3 is 0 Å². The Hall–Kier alpha value is -0.440. The second-order valence-corrected chi connectivity index (χ2v) is 20.8. The van der Waals surface area contributed by atoms with Crippen LogP contribution < -0.4 is 0 Å². The third-order valence-corrected chi connectivity index (χ3v) is 16.2. The SMILES string of the molecule is CCCCCCCCCCCCCCCCCC[P+](CCCCCC)(CCCCCC)CCCCCC.Cc1ccc(S(=O)(=O)[O-])cc1. The van der Waals surface area contributed by atoms with Crippen LogP contribution in [0.5, 0.6) is 0 Å². The Bertz CT molecular complexity index is 868. The molecule has 0 N–H and O–H groups in total. The van der Waals surface area contributed by atoms with Gasteiger partial charge in [-0.15, -0.1) is 0 Å². The first kappa shape index (κ1) is 47.6. The summed E-state index contributed by atoms with van der Waals surface area (Å²) in [5.41, 5.74) is 0.928. The fraction of sp³-hybridized carbons (Fsp3) is 0.860. The molecule has 0 amide bonds. The number of rotatable bonds is 33. The first-order valence-electron chi connectivity index (χ1n) is 21.1. The molecule has 0 atom stereocenters. The maximum absolute atomic E-state index is 10.4. The Morgan fingerprint density at radius 1 is 0.417 bits per heavy atom. The maximum Gasteiger partial charge on any atom is 0.124 e. The van der Waals surface area contributed by atoms with Gasteiger partial charge in [0.15, 0.2) is 0 Å². The normalized spacial score (nSPS) is 11.9. The van der Waals surface area contributed by atoms with Gasteiger partial charge in [-0.25, -0.2) is 8.42 Å². The molecule has 0 aromatic heterocycles. The summed E-state index contributed by atoms with van der Waals surface area (Å²) >= 11 is 0. The average Bonchev–Trinajstić information content (AvgIpc) is 3.07. The fourth-order valence-electron chi connectivity index (χ4n) is 6.99. The summed E-state index contributed by atoms with van der Waals surface area (Å²) in [5.74, 6) is 0. The highest BCUT2D eigenvalue weighted by Gasteiger charge is 2.34. The molecular formula is C43H83O3PS. The van der Waals surface area contributed by atoms with Crippen molar-refractivity contribution in [3.8, 4) is 0 Å². The summed E-state index contributed by atoms with van der Waals surface area (Å²) in [5, 5.41) is 0. The molecular weight excluding hydrogens is 628 g/mol. The van der Waals surface area contributed by atoms with Gasteiger partial charge in [0.25, 0.3) is 0 Å². The molecule has 1 aromatic rings. The molecule has 284 valence electrons. The molecule has 0 radical (unpaired) electrons. The Kier molecular flexibility index (Phi) is 33.4. The molecule has 0 saturated carbocycles. The van der Waals surface area contributed by atoms with Crippen molar-refractivity contribution in [1.82, 2.24) is 0 Å². The molecule has 0 saturated heterocycles. The predicted octanol–water partition coefficient (Wildman–Crippen LogP) is 14.9. The lowest BCUT2D eigenvalue weighted by atomic mass is 10.0. The van der Waals surface area contributed by atoms with Crippen LogP contribution in [-0.4, -0.2) is 37.6 Å². The minimum absolute atomic E-state index is 0.178. The molecule has 0 heterocycles. The fourth-order valence-corrected chi connectivity index (χ4v) is 12.4. The van der Waals surface area contributed by atoms with E-state index >= 15 is 0 Å². The monoisotopic (exact) mass is 711 g/mol. The zero-order valence-corrected chi connectivity index (χ0v) is 34.7.